The second-order valence-corrected chi connectivity index (χ2v) is 5.89. The Kier molecular flexibility index (Phi) is 4.44. The first-order valence-electron chi connectivity index (χ1n) is 5.48. The summed E-state index contributed by atoms with van der Waals surface area (Å²) in [4.78, 5) is 5.50. The number of amidine groups is 1. The van der Waals surface area contributed by atoms with Crippen LogP contribution in [0, 0.1) is 6.92 Å². The fourth-order valence-corrected chi connectivity index (χ4v) is 2.67. The molecule has 1 heterocycles. The highest BCUT2D eigenvalue weighted by atomic mass is 79.9. The molecule has 6 heteroatoms. The Bertz CT molecular complexity index is 614. The second-order valence-electron chi connectivity index (χ2n) is 3.88. The van der Waals surface area contributed by atoms with Crippen LogP contribution in [0.4, 0.5) is 0 Å². The number of rotatable bonds is 3. The lowest BCUT2D eigenvalue weighted by Crippen LogP contribution is -2.13. The molecule has 98 valence electrons. The molecule has 0 aliphatic rings. The number of nitrogens with zero attached hydrogens (tertiary/aromatic N) is 2. The third-order valence-electron chi connectivity index (χ3n) is 2.37. The monoisotopic (exact) mass is 337 g/mol. The highest BCUT2D eigenvalue weighted by molar-refractivity contribution is 9.10. The largest absolute Gasteiger partial charge is 0.409 e. The van der Waals surface area contributed by atoms with Gasteiger partial charge in [0.25, 0.3) is 0 Å². The summed E-state index contributed by atoms with van der Waals surface area (Å²) in [6.07, 6.45) is 0. The molecule has 0 bridgehead atoms. The van der Waals surface area contributed by atoms with Gasteiger partial charge in [-0.1, -0.05) is 32.8 Å². The second kappa shape index (κ2) is 6.08. The maximum absolute atomic E-state index is 8.72. The third-order valence-corrected chi connectivity index (χ3v) is 3.82. The fraction of sp³-hybridized carbons (Fsp3) is 0.0769. The van der Waals surface area contributed by atoms with E-state index in [-0.39, 0.29) is 5.84 Å². The number of aromatic nitrogens is 1. The van der Waals surface area contributed by atoms with Crippen LogP contribution in [0.1, 0.15) is 11.3 Å². The van der Waals surface area contributed by atoms with Crippen LogP contribution in [-0.2, 0) is 0 Å². The molecular formula is C13H12BrN3OS. The van der Waals surface area contributed by atoms with Crippen molar-refractivity contribution in [3.63, 3.8) is 0 Å². The van der Waals surface area contributed by atoms with Crippen molar-refractivity contribution in [2.24, 2.45) is 10.9 Å². The summed E-state index contributed by atoms with van der Waals surface area (Å²) in [5.41, 5.74) is 7.09. The van der Waals surface area contributed by atoms with Gasteiger partial charge in [0.05, 0.1) is 0 Å². The fourth-order valence-electron chi connectivity index (χ4n) is 1.52. The van der Waals surface area contributed by atoms with Gasteiger partial charge in [0, 0.05) is 20.6 Å². The Labute approximate surface area is 123 Å². The van der Waals surface area contributed by atoms with Crippen LogP contribution in [0.25, 0.3) is 0 Å². The summed E-state index contributed by atoms with van der Waals surface area (Å²) < 4.78 is 1.03. The molecule has 0 atom stereocenters. The molecule has 2 aromatic rings. The Morgan fingerprint density at radius 3 is 2.63 bits per heavy atom. The summed E-state index contributed by atoms with van der Waals surface area (Å²) in [5.74, 6) is 0.0863. The predicted molar refractivity (Wildman–Crippen MR) is 79.7 cm³/mol. The van der Waals surface area contributed by atoms with Gasteiger partial charge in [-0.3, -0.25) is 0 Å². The molecule has 1 aromatic heterocycles. The molecule has 2 rings (SSSR count). The van der Waals surface area contributed by atoms with Crippen molar-refractivity contribution in [1.29, 1.82) is 0 Å². The standard InChI is InChI=1S/C13H12BrN3OS/c1-8-6-9(13(15)17-18)7-12(16-8)19-11-4-2-10(14)3-5-11/h2-7,18H,1H3,(H2,15,17). The zero-order valence-electron chi connectivity index (χ0n) is 10.2. The van der Waals surface area contributed by atoms with E-state index in [9.17, 15) is 0 Å². The van der Waals surface area contributed by atoms with Crippen LogP contribution < -0.4 is 5.73 Å². The van der Waals surface area contributed by atoms with Crippen molar-refractivity contribution in [2.75, 3.05) is 0 Å². The lowest BCUT2D eigenvalue weighted by Gasteiger charge is -2.05. The van der Waals surface area contributed by atoms with Crippen molar-refractivity contribution in [1.82, 2.24) is 4.98 Å². The Hall–Kier alpha value is -1.53. The maximum Gasteiger partial charge on any atom is 0.170 e. The van der Waals surface area contributed by atoms with Gasteiger partial charge in [-0.25, -0.2) is 4.98 Å². The van der Waals surface area contributed by atoms with E-state index in [0.717, 1.165) is 20.1 Å². The van der Waals surface area contributed by atoms with E-state index in [1.165, 1.54) is 11.8 Å². The van der Waals surface area contributed by atoms with Crippen LogP contribution in [-0.4, -0.2) is 16.0 Å². The van der Waals surface area contributed by atoms with Crippen molar-refractivity contribution >= 4 is 33.5 Å². The highest BCUT2D eigenvalue weighted by Crippen LogP contribution is 2.28. The van der Waals surface area contributed by atoms with E-state index in [4.69, 9.17) is 10.9 Å². The van der Waals surface area contributed by atoms with Crippen LogP contribution >= 0.6 is 27.7 Å². The van der Waals surface area contributed by atoms with E-state index < -0.39 is 0 Å². The van der Waals surface area contributed by atoms with Crippen LogP contribution in [0.15, 0.2) is 55.9 Å². The van der Waals surface area contributed by atoms with E-state index in [0.29, 0.717) is 5.56 Å². The molecule has 0 saturated heterocycles. The van der Waals surface area contributed by atoms with Crippen LogP contribution in [0.3, 0.4) is 0 Å². The van der Waals surface area contributed by atoms with Gasteiger partial charge in [-0.15, -0.1) is 0 Å². The van der Waals surface area contributed by atoms with Gasteiger partial charge in [0.2, 0.25) is 0 Å². The minimum atomic E-state index is 0.0863. The molecule has 1 aromatic carbocycles. The average Bonchev–Trinajstić information content (AvgIpc) is 2.40. The summed E-state index contributed by atoms with van der Waals surface area (Å²) in [6, 6.07) is 11.5. The Balaban J connectivity index is 2.30. The molecule has 0 amide bonds. The zero-order chi connectivity index (χ0) is 13.8. The number of hydrogen-bond donors (Lipinski definition) is 2. The van der Waals surface area contributed by atoms with Gasteiger partial charge in [-0.2, -0.15) is 0 Å². The molecule has 0 saturated carbocycles. The molecule has 0 radical (unpaired) electrons. The minimum absolute atomic E-state index is 0.0863. The first kappa shape index (κ1) is 13.9. The highest BCUT2D eigenvalue weighted by Gasteiger charge is 2.06. The van der Waals surface area contributed by atoms with E-state index in [1.807, 2.05) is 31.2 Å². The quantitative estimate of drug-likeness (QED) is 0.389. The summed E-state index contributed by atoms with van der Waals surface area (Å²) in [7, 11) is 0. The topological polar surface area (TPSA) is 71.5 Å². The zero-order valence-corrected chi connectivity index (χ0v) is 12.6. The van der Waals surface area contributed by atoms with Crippen LogP contribution in [0.5, 0.6) is 0 Å². The lowest BCUT2D eigenvalue weighted by atomic mass is 10.2. The van der Waals surface area contributed by atoms with Crippen molar-refractivity contribution in [3.8, 4) is 0 Å². The molecule has 0 spiro atoms. The van der Waals surface area contributed by atoms with Gasteiger partial charge in [-0.05, 0) is 43.3 Å². The molecule has 0 aliphatic carbocycles. The molecule has 3 N–H and O–H groups in total. The molecule has 0 unspecified atom stereocenters. The van der Waals surface area contributed by atoms with Gasteiger partial charge >= 0.3 is 0 Å². The summed E-state index contributed by atoms with van der Waals surface area (Å²) >= 11 is 4.93. The number of pyridine rings is 1. The predicted octanol–water partition coefficient (Wildman–Crippen LogP) is 3.40. The number of oxime groups is 1. The van der Waals surface area contributed by atoms with Crippen molar-refractivity contribution in [2.45, 2.75) is 16.8 Å². The van der Waals surface area contributed by atoms with E-state index >= 15 is 0 Å². The summed E-state index contributed by atoms with van der Waals surface area (Å²) in [6.45, 7) is 1.87. The minimum Gasteiger partial charge on any atom is -0.409 e. The number of nitrogens with two attached hydrogens (primary N) is 1. The first-order chi connectivity index (χ1) is 9.08. The van der Waals surface area contributed by atoms with Crippen molar-refractivity contribution in [3.05, 3.63) is 52.1 Å². The lowest BCUT2D eigenvalue weighted by molar-refractivity contribution is 0.318. The van der Waals surface area contributed by atoms with Gasteiger partial charge < -0.3 is 10.9 Å². The molecular weight excluding hydrogens is 326 g/mol. The average molecular weight is 338 g/mol. The van der Waals surface area contributed by atoms with E-state index in [2.05, 4.69) is 26.1 Å². The smallest absolute Gasteiger partial charge is 0.170 e. The Morgan fingerprint density at radius 2 is 2.00 bits per heavy atom. The van der Waals surface area contributed by atoms with Crippen molar-refractivity contribution < 1.29 is 5.21 Å². The summed E-state index contributed by atoms with van der Waals surface area (Å²) in [5, 5.41) is 12.5. The number of aryl methyl sites for hydroxylation is 1. The van der Waals surface area contributed by atoms with Crippen LogP contribution in [0.2, 0.25) is 0 Å². The molecule has 0 aliphatic heterocycles. The molecule has 19 heavy (non-hydrogen) atoms. The number of halogens is 1. The Morgan fingerprint density at radius 1 is 1.32 bits per heavy atom. The molecule has 0 fully saturated rings. The number of hydrogen-bond acceptors (Lipinski definition) is 4. The van der Waals surface area contributed by atoms with Gasteiger partial charge in [0.15, 0.2) is 5.84 Å². The normalized spacial score (nSPS) is 11.6. The first-order valence-corrected chi connectivity index (χ1v) is 7.09. The number of benzene rings is 1. The maximum atomic E-state index is 8.72. The molecule has 4 nitrogen and oxygen atoms in total. The van der Waals surface area contributed by atoms with Gasteiger partial charge in [0.1, 0.15) is 5.03 Å². The third kappa shape index (κ3) is 3.71. The SMILES string of the molecule is Cc1cc(/C(N)=N/O)cc(Sc2ccc(Br)cc2)n1. The van der Waals surface area contributed by atoms with E-state index in [1.54, 1.807) is 12.1 Å².